The van der Waals surface area contributed by atoms with E-state index in [9.17, 15) is 9.59 Å². The number of amides is 1. The fraction of sp³-hybridized carbons (Fsp3) is 0.0714. The van der Waals surface area contributed by atoms with Gasteiger partial charge in [0.1, 0.15) is 11.3 Å². The number of aromatic carboxylic acids is 1. The van der Waals surface area contributed by atoms with E-state index in [0.29, 0.717) is 5.58 Å². The average Bonchev–Trinajstić information content (AvgIpc) is 3.05. The summed E-state index contributed by atoms with van der Waals surface area (Å²) in [5.41, 5.74) is 1.23. The number of carbonyl (C=O) groups is 2. The Bertz CT molecular complexity index is 847. The van der Waals surface area contributed by atoms with E-state index in [2.05, 4.69) is 15.5 Å². The molecule has 0 aliphatic rings. The highest BCUT2D eigenvalue weighted by molar-refractivity contribution is 6.06. The van der Waals surface area contributed by atoms with Crippen molar-refractivity contribution >= 4 is 28.7 Å². The highest BCUT2D eigenvalue weighted by Crippen LogP contribution is 2.25. The fourth-order valence-corrected chi connectivity index (χ4v) is 2.06. The summed E-state index contributed by atoms with van der Waals surface area (Å²) in [6.07, 6.45) is 0. The van der Waals surface area contributed by atoms with Gasteiger partial charge in [-0.05, 0) is 13.0 Å². The van der Waals surface area contributed by atoms with Gasteiger partial charge in [-0.15, -0.1) is 0 Å². The number of aromatic amines is 1. The predicted octanol–water partition coefficient (Wildman–Crippen LogP) is 2.41. The third-order valence-electron chi connectivity index (χ3n) is 3.10. The maximum Gasteiger partial charge on any atom is 0.353 e. The second kappa shape index (κ2) is 4.78. The van der Waals surface area contributed by atoms with Crippen LogP contribution in [0.3, 0.4) is 0 Å². The summed E-state index contributed by atoms with van der Waals surface area (Å²) >= 11 is 0. The van der Waals surface area contributed by atoms with Crippen molar-refractivity contribution in [3.8, 4) is 0 Å². The number of anilines is 1. The molecule has 0 bridgehead atoms. The van der Waals surface area contributed by atoms with Gasteiger partial charge in [-0.1, -0.05) is 18.2 Å². The first-order valence-electron chi connectivity index (χ1n) is 6.14. The van der Waals surface area contributed by atoms with Crippen molar-refractivity contribution in [2.75, 3.05) is 5.32 Å². The van der Waals surface area contributed by atoms with Crippen molar-refractivity contribution in [3.05, 3.63) is 47.3 Å². The topological polar surface area (TPSA) is 108 Å². The number of nitrogens with one attached hydrogen (secondary N) is 2. The number of aromatic nitrogens is 2. The zero-order valence-corrected chi connectivity index (χ0v) is 11.0. The van der Waals surface area contributed by atoms with Gasteiger partial charge in [0, 0.05) is 17.0 Å². The molecule has 1 aromatic carbocycles. The van der Waals surface area contributed by atoms with Crippen LogP contribution in [0.1, 0.15) is 26.6 Å². The minimum absolute atomic E-state index is 0.105. The van der Waals surface area contributed by atoms with E-state index in [4.69, 9.17) is 9.52 Å². The molecule has 7 nitrogen and oxygen atoms in total. The van der Waals surface area contributed by atoms with Gasteiger partial charge in [0.15, 0.2) is 11.6 Å². The van der Waals surface area contributed by atoms with Crippen LogP contribution < -0.4 is 5.32 Å². The molecule has 21 heavy (non-hydrogen) atoms. The van der Waals surface area contributed by atoms with Crippen LogP contribution in [0.2, 0.25) is 0 Å². The first-order valence-corrected chi connectivity index (χ1v) is 6.14. The Morgan fingerprint density at radius 1 is 1.33 bits per heavy atom. The molecule has 3 N–H and O–H groups in total. The van der Waals surface area contributed by atoms with Crippen molar-refractivity contribution in [1.29, 1.82) is 0 Å². The molecular formula is C14H11N3O4. The van der Waals surface area contributed by atoms with E-state index in [0.717, 1.165) is 10.9 Å². The van der Waals surface area contributed by atoms with Gasteiger partial charge < -0.3 is 14.8 Å². The SMILES string of the molecule is Cc1c(C(=O)Nc2cc(C(=O)O)[nH]n2)oc2ccccc12. The number of carboxylic acid groups (broad SMARTS) is 1. The van der Waals surface area contributed by atoms with E-state index in [1.165, 1.54) is 6.07 Å². The Morgan fingerprint density at radius 3 is 2.76 bits per heavy atom. The van der Waals surface area contributed by atoms with Crippen molar-refractivity contribution in [1.82, 2.24) is 10.2 Å². The fourth-order valence-electron chi connectivity index (χ4n) is 2.06. The molecule has 2 heterocycles. The number of hydrogen-bond donors (Lipinski definition) is 3. The molecule has 1 amide bonds. The van der Waals surface area contributed by atoms with Gasteiger partial charge in [0.05, 0.1) is 0 Å². The summed E-state index contributed by atoms with van der Waals surface area (Å²) < 4.78 is 5.52. The lowest BCUT2D eigenvalue weighted by Crippen LogP contribution is -2.12. The summed E-state index contributed by atoms with van der Waals surface area (Å²) in [7, 11) is 0. The van der Waals surface area contributed by atoms with Gasteiger partial charge in [0.2, 0.25) is 0 Å². The molecule has 0 aliphatic heterocycles. The van der Waals surface area contributed by atoms with Crippen LogP contribution in [-0.2, 0) is 0 Å². The van der Waals surface area contributed by atoms with E-state index >= 15 is 0 Å². The number of furan rings is 1. The minimum atomic E-state index is -1.15. The quantitative estimate of drug-likeness (QED) is 0.684. The minimum Gasteiger partial charge on any atom is -0.477 e. The molecule has 0 fully saturated rings. The summed E-state index contributed by atoms with van der Waals surface area (Å²) in [6, 6.07) is 8.55. The summed E-state index contributed by atoms with van der Waals surface area (Å²) in [5, 5.41) is 18.2. The first-order chi connectivity index (χ1) is 10.1. The predicted molar refractivity (Wildman–Crippen MR) is 74.5 cm³/mol. The normalized spacial score (nSPS) is 10.7. The highest BCUT2D eigenvalue weighted by atomic mass is 16.4. The number of hydrogen-bond acceptors (Lipinski definition) is 4. The van der Waals surface area contributed by atoms with Gasteiger partial charge >= 0.3 is 5.97 Å². The molecule has 3 aromatic rings. The van der Waals surface area contributed by atoms with E-state index in [1.807, 2.05) is 18.2 Å². The molecule has 3 rings (SSSR count). The zero-order chi connectivity index (χ0) is 15.0. The molecule has 7 heteroatoms. The molecule has 0 saturated carbocycles. The third kappa shape index (κ3) is 2.25. The number of para-hydroxylation sites is 1. The van der Waals surface area contributed by atoms with Gasteiger partial charge in [0.25, 0.3) is 5.91 Å². The smallest absolute Gasteiger partial charge is 0.353 e. The van der Waals surface area contributed by atoms with Crippen LogP contribution in [-0.4, -0.2) is 27.2 Å². The van der Waals surface area contributed by atoms with E-state index in [-0.39, 0.29) is 17.3 Å². The van der Waals surface area contributed by atoms with Crippen LogP contribution in [0.15, 0.2) is 34.7 Å². The summed E-state index contributed by atoms with van der Waals surface area (Å²) in [4.78, 5) is 22.9. The monoisotopic (exact) mass is 285 g/mol. The van der Waals surface area contributed by atoms with Crippen molar-refractivity contribution in [2.24, 2.45) is 0 Å². The van der Waals surface area contributed by atoms with E-state index in [1.54, 1.807) is 13.0 Å². The average molecular weight is 285 g/mol. The van der Waals surface area contributed by atoms with Gasteiger partial charge in [-0.2, -0.15) is 5.10 Å². The van der Waals surface area contributed by atoms with Crippen molar-refractivity contribution in [2.45, 2.75) is 6.92 Å². The third-order valence-corrected chi connectivity index (χ3v) is 3.10. The van der Waals surface area contributed by atoms with Crippen LogP contribution in [0.4, 0.5) is 5.82 Å². The van der Waals surface area contributed by atoms with Crippen molar-refractivity contribution < 1.29 is 19.1 Å². The molecular weight excluding hydrogens is 274 g/mol. The molecule has 0 unspecified atom stereocenters. The highest BCUT2D eigenvalue weighted by Gasteiger charge is 2.18. The molecule has 0 spiro atoms. The lowest BCUT2D eigenvalue weighted by molar-refractivity contribution is 0.0690. The Labute approximate surface area is 118 Å². The van der Waals surface area contributed by atoms with Crippen molar-refractivity contribution in [3.63, 3.8) is 0 Å². The van der Waals surface area contributed by atoms with Crippen LogP contribution >= 0.6 is 0 Å². The Morgan fingerprint density at radius 2 is 2.10 bits per heavy atom. The second-order valence-electron chi connectivity index (χ2n) is 4.48. The number of H-pyrrole nitrogens is 1. The molecule has 0 aliphatic carbocycles. The number of benzene rings is 1. The largest absolute Gasteiger partial charge is 0.477 e. The van der Waals surface area contributed by atoms with Gasteiger partial charge in [-0.3, -0.25) is 9.89 Å². The van der Waals surface area contributed by atoms with Gasteiger partial charge in [-0.25, -0.2) is 4.79 Å². The molecule has 0 saturated heterocycles. The number of nitrogens with zero attached hydrogens (tertiary/aromatic N) is 1. The first kappa shape index (κ1) is 12.9. The van der Waals surface area contributed by atoms with Crippen LogP contribution in [0, 0.1) is 6.92 Å². The number of rotatable bonds is 3. The number of fused-ring (bicyclic) bond motifs is 1. The number of carbonyl (C=O) groups excluding carboxylic acids is 1. The Kier molecular flexibility index (Phi) is 2.94. The second-order valence-corrected chi connectivity index (χ2v) is 4.48. The summed E-state index contributed by atoms with van der Waals surface area (Å²) in [5.74, 6) is -1.33. The van der Waals surface area contributed by atoms with Crippen LogP contribution in [0.25, 0.3) is 11.0 Å². The number of carboxylic acids is 1. The number of aryl methyl sites for hydroxylation is 1. The standard InChI is InChI=1S/C14H11N3O4/c1-7-8-4-2-3-5-10(8)21-12(7)13(18)15-11-6-9(14(19)20)16-17-11/h2-6H,1H3,(H,19,20)(H2,15,16,17,18). The molecule has 2 aromatic heterocycles. The Balaban J connectivity index is 1.89. The maximum atomic E-state index is 12.2. The summed E-state index contributed by atoms with van der Waals surface area (Å²) in [6.45, 7) is 1.79. The van der Waals surface area contributed by atoms with E-state index < -0.39 is 11.9 Å². The van der Waals surface area contributed by atoms with Crippen LogP contribution in [0.5, 0.6) is 0 Å². The molecule has 106 valence electrons. The molecule has 0 radical (unpaired) electrons. The lowest BCUT2D eigenvalue weighted by atomic mass is 10.1. The zero-order valence-electron chi connectivity index (χ0n) is 11.0. The molecule has 0 atom stereocenters. The Hall–Kier alpha value is -3.09. The maximum absolute atomic E-state index is 12.2. The lowest BCUT2D eigenvalue weighted by Gasteiger charge is -1.98.